The fourth-order valence-corrected chi connectivity index (χ4v) is 2.21. The first kappa shape index (κ1) is 18.9. The highest BCUT2D eigenvalue weighted by Crippen LogP contribution is 2.18. The number of nitrogens with one attached hydrogen (secondary N) is 1. The van der Waals surface area contributed by atoms with Gasteiger partial charge in [0.1, 0.15) is 0 Å². The molecule has 2 aromatic carbocycles. The van der Waals surface area contributed by atoms with Crippen molar-refractivity contribution in [1.29, 1.82) is 0 Å². The quantitative estimate of drug-likeness (QED) is 0.731. The summed E-state index contributed by atoms with van der Waals surface area (Å²) in [6, 6.07) is 13.6. The van der Waals surface area contributed by atoms with Crippen molar-refractivity contribution in [2.75, 3.05) is 26.4 Å². The molecule has 6 heteroatoms. The molecule has 134 valence electrons. The summed E-state index contributed by atoms with van der Waals surface area (Å²) in [6.45, 7) is 1.98. The molecule has 0 aromatic heterocycles. The highest BCUT2D eigenvalue weighted by Gasteiger charge is 2.14. The van der Waals surface area contributed by atoms with Crippen molar-refractivity contribution in [1.82, 2.24) is 5.32 Å². The number of aryl methyl sites for hydroxylation is 1. The summed E-state index contributed by atoms with van der Waals surface area (Å²) in [7, 11) is 0. The number of ether oxygens (including phenoxy) is 2. The van der Waals surface area contributed by atoms with Crippen molar-refractivity contribution in [3.8, 4) is 5.75 Å². The van der Waals surface area contributed by atoms with Crippen LogP contribution in [0, 0.1) is 12.7 Å². The second-order valence-electron chi connectivity index (χ2n) is 5.52. The molecular formula is C19H22FNO4. The number of benzene rings is 2. The van der Waals surface area contributed by atoms with Gasteiger partial charge in [0.15, 0.2) is 18.2 Å². The number of halogens is 1. The van der Waals surface area contributed by atoms with E-state index in [-0.39, 0.29) is 44.1 Å². The first-order chi connectivity index (χ1) is 12.1. The smallest absolute Gasteiger partial charge is 0.258 e. The highest BCUT2D eigenvalue weighted by atomic mass is 19.1. The number of aliphatic hydroxyl groups is 1. The number of carbonyl (C=O) groups is 1. The lowest BCUT2D eigenvalue weighted by Gasteiger charge is -2.19. The summed E-state index contributed by atoms with van der Waals surface area (Å²) in [5, 5.41) is 11.7. The molecule has 0 saturated carbocycles. The zero-order chi connectivity index (χ0) is 18.1. The van der Waals surface area contributed by atoms with Gasteiger partial charge in [-0.2, -0.15) is 0 Å². The number of hydrogen-bond donors (Lipinski definition) is 2. The van der Waals surface area contributed by atoms with Crippen molar-refractivity contribution in [3.63, 3.8) is 0 Å². The summed E-state index contributed by atoms with van der Waals surface area (Å²) in [4.78, 5) is 11.9. The topological polar surface area (TPSA) is 67.8 Å². The van der Waals surface area contributed by atoms with E-state index in [4.69, 9.17) is 14.6 Å². The van der Waals surface area contributed by atoms with Gasteiger partial charge in [-0.15, -0.1) is 0 Å². The number of rotatable bonds is 9. The predicted molar refractivity (Wildman–Crippen MR) is 91.9 cm³/mol. The van der Waals surface area contributed by atoms with Gasteiger partial charge in [0, 0.05) is 6.54 Å². The van der Waals surface area contributed by atoms with E-state index in [1.54, 1.807) is 12.1 Å². The molecule has 0 aliphatic heterocycles. The first-order valence-electron chi connectivity index (χ1n) is 8.03. The van der Waals surface area contributed by atoms with E-state index in [2.05, 4.69) is 5.32 Å². The van der Waals surface area contributed by atoms with Crippen molar-refractivity contribution in [2.24, 2.45) is 0 Å². The lowest BCUT2D eigenvalue weighted by Crippen LogP contribution is -2.33. The standard InChI is InChI=1S/C19H22FNO4/c1-14-6-8-15(9-7-14)18(24-11-10-22)12-21-19(23)13-25-17-5-3-2-4-16(17)20/h2-9,18,22H,10-13H2,1H3,(H,21,23). The molecule has 2 aromatic rings. The molecule has 0 fully saturated rings. The maximum Gasteiger partial charge on any atom is 0.258 e. The molecule has 1 amide bonds. The Morgan fingerprint density at radius 3 is 2.60 bits per heavy atom. The van der Waals surface area contributed by atoms with Gasteiger partial charge in [-0.3, -0.25) is 4.79 Å². The third kappa shape index (κ3) is 6.17. The van der Waals surface area contributed by atoms with Crippen LogP contribution in [0.5, 0.6) is 5.75 Å². The molecular weight excluding hydrogens is 325 g/mol. The van der Waals surface area contributed by atoms with Crippen LogP contribution in [0.2, 0.25) is 0 Å². The number of aliphatic hydroxyl groups excluding tert-OH is 1. The zero-order valence-electron chi connectivity index (χ0n) is 14.1. The SMILES string of the molecule is Cc1ccc(C(CNC(=O)COc2ccccc2F)OCCO)cc1. The Hall–Kier alpha value is -2.44. The molecule has 25 heavy (non-hydrogen) atoms. The fourth-order valence-electron chi connectivity index (χ4n) is 2.21. The van der Waals surface area contributed by atoms with E-state index in [1.807, 2.05) is 31.2 Å². The zero-order valence-corrected chi connectivity index (χ0v) is 14.1. The predicted octanol–water partition coefficient (Wildman–Crippen LogP) is 2.38. The van der Waals surface area contributed by atoms with E-state index in [0.717, 1.165) is 11.1 Å². The van der Waals surface area contributed by atoms with Crippen molar-refractivity contribution < 1.29 is 23.8 Å². The number of hydrogen-bond acceptors (Lipinski definition) is 4. The van der Waals surface area contributed by atoms with E-state index >= 15 is 0 Å². The van der Waals surface area contributed by atoms with Crippen LogP contribution in [0.15, 0.2) is 48.5 Å². The molecule has 2 rings (SSSR count). The third-order valence-corrected chi connectivity index (χ3v) is 3.54. The van der Waals surface area contributed by atoms with E-state index in [9.17, 15) is 9.18 Å². The largest absolute Gasteiger partial charge is 0.481 e. The maximum absolute atomic E-state index is 13.4. The molecule has 1 atom stereocenters. The minimum absolute atomic E-state index is 0.0317. The molecule has 0 spiro atoms. The minimum atomic E-state index is -0.515. The van der Waals surface area contributed by atoms with Crippen molar-refractivity contribution in [2.45, 2.75) is 13.0 Å². The summed E-state index contributed by atoms with van der Waals surface area (Å²) >= 11 is 0. The van der Waals surface area contributed by atoms with Crippen LogP contribution in [0.1, 0.15) is 17.2 Å². The Labute approximate surface area is 146 Å². The van der Waals surface area contributed by atoms with Crippen molar-refractivity contribution in [3.05, 3.63) is 65.5 Å². The average Bonchev–Trinajstić information content (AvgIpc) is 2.62. The van der Waals surface area contributed by atoms with Crippen LogP contribution in [0.4, 0.5) is 4.39 Å². The fraction of sp³-hybridized carbons (Fsp3) is 0.316. The second kappa shape index (κ2) is 9.76. The molecule has 0 saturated heterocycles. The van der Waals surface area contributed by atoms with Gasteiger partial charge in [-0.25, -0.2) is 4.39 Å². The van der Waals surface area contributed by atoms with Crippen LogP contribution in [0.3, 0.4) is 0 Å². The van der Waals surface area contributed by atoms with E-state index in [0.29, 0.717) is 0 Å². The van der Waals surface area contributed by atoms with Crippen LogP contribution >= 0.6 is 0 Å². The monoisotopic (exact) mass is 347 g/mol. The molecule has 0 radical (unpaired) electrons. The normalized spacial score (nSPS) is 11.8. The van der Waals surface area contributed by atoms with Gasteiger partial charge in [-0.05, 0) is 24.6 Å². The molecule has 0 heterocycles. The Bertz CT molecular complexity index is 675. The number of carbonyl (C=O) groups excluding carboxylic acids is 1. The van der Waals surface area contributed by atoms with Gasteiger partial charge < -0.3 is 19.9 Å². The van der Waals surface area contributed by atoms with E-state index in [1.165, 1.54) is 12.1 Å². The number of para-hydroxylation sites is 1. The molecule has 0 aliphatic rings. The Balaban J connectivity index is 1.87. The highest BCUT2D eigenvalue weighted by molar-refractivity contribution is 5.77. The second-order valence-corrected chi connectivity index (χ2v) is 5.52. The van der Waals surface area contributed by atoms with Crippen LogP contribution < -0.4 is 10.1 Å². The summed E-state index contributed by atoms with van der Waals surface area (Å²) in [6.07, 6.45) is -0.384. The molecule has 5 nitrogen and oxygen atoms in total. The Morgan fingerprint density at radius 2 is 1.92 bits per heavy atom. The first-order valence-corrected chi connectivity index (χ1v) is 8.03. The lowest BCUT2D eigenvalue weighted by molar-refractivity contribution is -0.123. The summed E-state index contributed by atoms with van der Waals surface area (Å²) < 4.78 is 24.2. The van der Waals surface area contributed by atoms with Gasteiger partial charge in [0.25, 0.3) is 5.91 Å². The maximum atomic E-state index is 13.4. The van der Waals surface area contributed by atoms with Gasteiger partial charge in [-0.1, -0.05) is 42.0 Å². The summed E-state index contributed by atoms with van der Waals surface area (Å²) in [5.41, 5.74) is 2.02. The Morgan fingerprint density at radius 1 is 1.20 bits per heavy atom. The lowest BCUT2D eigenvalue weighted by atomic mass is 10.1. The van der Waals surface area contributed by atoms with Crippen LogP contribution in [0.25, 0.3) is 0 Å². The Kier molecular flexibility index (Phi) is 7.37. The van der Waals surface area contributed by atoms with Crippen molar-refractivity contribution >= 4 is 5.91 Å². The van der Waals surface area contributed by atoms with Crippen LogP contribution in [-0.4, -0.2) is 37.4 Å². The third-order valence-electron chi connectivity index (χ3n) is 3.54. The number of amides is 1. The minimum Gasteiger partial charge on any atom is -0.481 e. The molecule has 2 N–H and O–H groups in total. The molecule has 0 bridgehead atoms. The average molecular weight is 347 g/mol. The van der Waals surface area contributed by atoms with Gasteiger partial charge >= 0.3 is 0 Å². The van der Waals surface area contributed by atoms with Gasteiger partial charge in [0.2, 0.25) is 0 Å². The summed E-state index contributed by atoms with van der Waals surface area (Å²) in [5.74, 6) is -0.865. The van der Waals surface area contributed by atoms with Crippen LogP contribution in [-0.2, 0) is 9.53 Å². The van der Waals surface area contributed by atoms with Gasteiger partial charge in [0.05, 0.1) is 19.3 Å². The van der Waals surface area contributed by atoms with E-state index < -0.39 is 5.82 Å². The molecule has 0 aliphatic carbocycles. The molecule has 1 unspecified atom stereocenters.